The number of para-hydroxylation sites is 2. The number of H-pyrrole nitrogens is 2. The minimum Gasteiger partial charge on any atom is -0.458 e. The van der Waals surface area contributed by atoms with E-state index in [1.165, 1.54) is 0 Å². The molecule has 0 aliphatic heterocycles. The molecule has 4 amide bonds. The second kappa shape index (κ2) is 19.5. The third kappa shape index (κ3) is 9.45. The van der Waals surface area contributed by atoms with Crippen molar-refractivity contribution in [2.75, 3.05) is 54.4 Å². The number of carbonyl (C=O) groups is 6. The van der Waals surface area contributed by atoms with Crippen LogP contribution in [0.1, 0.15) is 83.5 Å². The first kappa shape index (κ1) is 46.0. The number of aryl methyl sites for hydroxylation is 2. The Kier molecular flexibility index (Phi) is 13.8. The van der Waals surface area contributed by atoms with Gasteiger partial charge in [0.05, 0.1) is 34.8 Å². The van der Waals surface area contributed by atoms with Gasteiger partial charge in [0.1, 0.15) is 12.2 Å². The third-order valence-electron chi connectivity index (χ3n) is 14.8. The summed E-state index contributed by atoms with van der Waals surface area (Å²) >= 11 is 0. The predicted molar refractivity (Wildman–Crippen MR) is 246 cm³/mol. The summed E-state index contributed by atoms with van der Waals surface area (Å²) in [7, 11) is 7.86. The standard InChI is InChI=1S/C50H65N7O8/c1-27-39(31-13-7-9-15-35(31)53-27)49(62)64-37-25-29-17-19-33(37)43(41(29)45(58)51-21-11-23-56(3)4)47(60)55-48(61)44-34-20-18-30(42(44)46(59)52-22-12-24-57(5)6)26-38(34)65-50(63)40-28(2)54-36-16-10-8-14-32(36)40/h7-10,13-16,29-30,33-34,37-38,41-44,53-54H,11-12,17-26H2,1-6H3,(H,51,58)(H,52,59)(H,55,60,61). The van der Waals surface area contributed by atoms with Crippen molar-refractivity contribution in [2.24, 2.45) is 47.3 Å². The van der Waals surface area contributed by atoms with Crippen LogP contribution in [0.4, 0.5) is 0 Å². The number of hydrogen-bond donors (Lipinski definition) is 5. The first-order valence-electron chi connectivity index (χ1n) is 23.5. The van der Waals surface area contributed by atoms with Crippen LogP contribution in [-0.2, 0) is 28.7 Å². The molecule has 0 saturated heterocycles. The molecule has 6 aliphatic rings. The zero-order valence-corrected chi connectivity index (χ0v) is 38.5. The van der Waals surface area contributed by atoms with Crippen LogP contribution in [0.3, 0.4) is 0 Å². The predicted octanol–water partition coefficient (Wildman–Crippen LogP) is 5.12. The van der Waals surface area contributed by atoms with Crippen molar-refractivity contribution in [1.29, 1.82) is 0 Å². The number of hydrogen-bond acceptors (Lipinski definition) is 10. The van der Waals surface area contributed by atoms with Gasteiger partial charge in [-0.25, -0.2) is 9.59 Å². The van der Waals surface area contributed by atoms with Crippen molar-refractivity contribution in [3.8, 4) is 0 Å². The molecular weight excluding hydrogens is 827 g/mol. The fourth-order valence-corrected chi connectivity index (χ4v) is 11.9. The Bertz CT molecular complexity index is 2270. The molecule has 2 aromatic heterocycles. The number of esters is 2. The van der Waals surface area contributed by atoms with Gasteiger partial charge in [-0.1, -0.05) is 36.4 Å². The van der Waals surface area contributed by atoms with Crippen LogP contribution in [0.2, 0.25) is 0 Å². The lowest BCUT2D eigenvalue weighted by molar-refractivity contribution is -0.162. The van der Waals surface area contributed by atoms with Gasteiger partial charge in [-0.15, -0.1) is 0 Å². The number of amides is 4. The van der Waals surface area contributed by atoms with Crippen LogP contribution in [0.25, 0.3) is 21.8 Å². The molecule has 6 fully saturated rings. The van der Waals surface area contributed by atoms with Gasteiger partial charge in [0.25, 0.3) is 0 Å². The normalized spacial score (nSPS) is 27.0. The lowest BCUT2D eigenvalue weighted by Crippen LogP contribution is -2.61. The molecule has 10 rings (SSSR count). The average molecular weight is 892 g/mol. The van der Waals surface area contributed by atoms with Crippen molar-refractivity contribution in [1.82, 2.24) is 35.7 Å². The van der Waals surface area contributed by atoms with E-state index in [1.807, 2.05) is 100 Å². The molecule has 0 radical (unpaired) electrons. The summed E-state index contributed by atoms with van der Waals surface area (Å²) in [6, 6.07) is 15.0. The number of benzene rings is 2. The van der Waals surface area contributed by atoms with E-state index >= 15 is 0 Å². The van der Waals surface area contributed by atoms with E-state index in [0.717, 1.165) is 34.9 Å². The third-order valence-corrected chi connectivity index (χ3v) is 14.8. The topological polar surface area (TPSA) is 195 Å². The smallest absolute Gasteiger partial charge is 0.340 e. The minimum atomic E-state index is -0.972. The molecule has 0 spiro atoms. The van der Waals surface area contributed by atoms with E-state index in [1.54, 1.807) is 0 Å². The molecule has 6 saturated carbocycles. The van der Waals surface area contributed by atoms with Crippen molar-refractivity contribution in [3.63, 3.8) is 0 Å². The van der Waals surface area contributed by atoms with Gasteiger partial charge in [-0.05, 0) is 130 Å². The maximum Gasteiger partial charge on any atom is 0.340 e. The van der Waals surface area contributed by atoms with Gasteiger partial charge in [0.15, 0.2) is 0 Å². The van der Waals surface area contributed by atoms with Gasteiger partial charge in [-0.2, -0.15) is 0 Å². The van der Waals surface area contributed by atoms with Crippen molar-refractivity contribution in [2.45, 2.75) is 77.4 Å². The van der Waals surface area contributed by atoms with Crippen molar-refractivity contribution < 1.29 is 38.2 Å². The molecule has 348 valence electrons. The highest BCUT2D eigenvalue weighted by molar-refractivity contribution is 6.07. The van der Waals surface area contributed by atoms with E-state index in [2.05, 4.69) is 25.9 Å². The van der Waals surface area contributed by atoms with E-state index in [9.17, 15) is 28.8 Å². The Morgan fingerprint density at radius 1 is 0.569 bits per heavy atom. The summed E-state index contributed by atoms with van der Waals surface area (Å²) in [6.07, 6.45) is 3.33. The molecule has 5 N–H and O–H groups in total. The summed E-state index contributed by atoms with van der Waals surface area (Å²) in [5.41, 5.74) is 3.83. The number of nitrogens with one attached hydrogen (secondary N) is 5. The summed E-state index contributed by atoms with van der Waals surface area (Å²) in [6.45, 7) is 6.03. The molecule has 10 atom stereocenters. The van der Waals surface area contributed by atoms with E-state index < -0.39 is 71.5 Å². The largest absolute Gasteiger partial charge is 0.458 e. The van der Waals surface area contributed by atoms with Crippen LogP contribution in [0, 0.1) is 61.2 Å². The second-order valence-corrected chi connectivity index (χ2v) is 19.6. The quantitative estimate of drug-likeness (QED) is 0.0573. The lowest BCUT2D eigenvalue weighted by Gasteiger charge is -2.51. The Hall–Kier alpha value is -5.54. The Balaban J connectivity index is 1.06. The van der Waals surface area contributed by atoms with Crippen LogP contribution < -0.4 is 16.0 Å². The molecule has 15 nitrogen and oxygen atoms in total. The number of aromatic nitrogens is 2. The summed E-state index contributed by atoms with van der Waals surface area (Å²) in [5.74, 6) is -7.81. The molecule has 4 aromatic rings. The van der Waals surface area contributed by atoms with Crippen molar-refractivity contribution in [3.05, 3.63) is 71.0 Å². The van der Waals surface area contributed by atoms with E-state index in [-0.39, 0.29) is 23.7 Å². The summed E-state index contributed by atoms with van der Waals surface area (Å²) < 4.78 is 12.6. The summed E-state index contributed by atoms with van der Waals surface area (Å²) in [5, 5.41) is 10.4. The first-order valence-corrected chi connectivity index (χ1v) is 23.5. The minimum absolute atomic E-state index is 0.255. The van der Waals surface area contributed by atoms with Crippen LogP contribution in [-0.4, -0.2) is 122 Å². The van der Waals surface area contributed by atoms with Gasteiger partial charge < -0.3 is 39.9 Å². The maximum atomic E-state index is 14.9. The molecule has 15 heteroatoms. The number of aromatic amines is 2. The number of rotatable bonds is 16. The van der Waals surface area contributed by atoms with Crippen LogP contribution >= 0.6 is 0 Å². The zero-order chi connectivity index (χ0) is 46.1. The van der Waals surface area contributed by atoms with E-state index in [0.29, 0.717) is 87.0 Å². The highest BCUT2D eigenvalue weighted by Gasteiger charge is 2.58. The monoisotopic (exact) mass is 891 g/mol. The first-order chi connectivity index (χ1) is 31.2. The second-order valence-electron chi connectivity index (χ2n) is 19.6. The van der Waals surface area contributed by atoms with Gasteiger partial charge in [0.2, 0.25) is 23.6 Å². The highest BCUT2D eigenvalue weighted by Crippen LogP contribution is 2.53. The number of fused-ring (bicyclic) bond motifs is 8. The highest BCUT2D eigenvalue weighted by atomic mass is 16.5. The Morgan fingerprint density at radius 2 is 0.969 bits per heavy atom. The molecule has 2 heterocycles. The maximum absolute atomic E-state index is 14.9. The molecule has 4 bridgehead atoms. The number of nitrogens with zero attached hydrogens (tertiary/aromatic N) is 2. The molecular formula is C50H65N7O8. The Labute approximate surface area is 380 Å². The zero-order valence-electron chi connectivity index (χ0n) is 38.5. The van der Waals surface area contributed by atoms with Crippen molar-refractivity contribution >= 4 is 57.4 Å². The fraction of sp³-hybridized carbons (Fsp3) is 0.560. The average Bonchev–Trinajstić information content (AvgIpc) is 3.81. The van der Waals surface area contributed by atoms with Gasteiger partial charge >= 0.3 is 11.9 Å². The molecule has 65 heavy (non-hydrogen) atoms. The Morgan fingerprint density at radius 3 is 1.37 bits per heavy atom. The van der Waals surface area contributed by atoms with E-state index in [4.69, 9.17) is 9.47 Å². The van der Waals surface area contributed by atoms with Gasteiger partial charge in [-0.3, -0.25) is 24.5 Å². The lowest BCUT2D eigenvalue weighted by atomic mass is 9.56. The SMILES string of the molecule is Cc1[nH]c2ccccc2c1C(=O)OC1CC2CCC1C(C(=O)NC(=O)C1C3CCC(CC3OC(=O)c3c(C)[nH]c4ccccc34)C1C(=O)NCCCN(C)C)C2C(=O)NCCCN(C)C. The number of carbonyl (C=O) groups excluding carboxylic acids is 6. The van der Waals surface area contributed by atoms with Gasteiger partial charge in [0, 0.05) is 58.1 Å². The molecule has 2 aromatic carbocycles. The number of imide groups is 1. The molecule has 6 aliphatic carbocycles. The molecule has 10 unspecified atom stereocenters. The fourth-order valence-electron chi connectivity index (χ4n) is 11.9. The van der Waals surface area contributed by atoms with Crippen LogP contribution in [0.15, 0.2) is 48.5 Å². The summed E-state index contributed by atoms with van der Waals surface area (Å²) in [4.78, 5) is 96.9. The van der Waals surface area contributed by atoms with Crippen LogP contribution in [0.5, 0.6) is 0 Å². The number of ether oxygens (including phenoxy) is 2.